The molecule has 1 nitrogen and oxygen atoms in total. The van der Waals surface area contributed by atoms with Crippen LogP contribution >= 0.6 is 0 Å². The average molecular weight is 506 g/mol. The lowest BCUT2D eigenvalue weighted by molar-refractivity contribution is -0.489. The van der Waals surface area contributed by atoms with Crippen LogP contribution in [0, 0.1) is 11.6 Å². The van der Waals surface area contributed by atoms with Crippen molar-refractivity contribution >= 4 is 0 Å². The second-order valence-electron chi connectivity index (χ2n) is 6.47. The molecule has 33 heavy (non-hydrogen) atoms. The van der Waals surface area contributed by atoms with E-state index in [1.54, 1.807) is 0 Å². The van der Waals surface area contributed by atoms with E-state index in [1.165, 1.54) is 0 Å². The number of hydrogen-bond donors (Lipinski definition) is 0. The van der Waals surface area contributed by atoms with E-state index in [-0.39, 0.29) is 24.3 Å². The molecule has 0 aliphatic carbocycles. The summed E-state index contributed by atoms with van der Waals surface area (Å²) in [5, 5.41) is 0. The molecule has 0 amide bonds. The van der Waals surface area contributed by atoms with Crippen molar-refractivity contribution in [2.45, 2.75) is 35.9 Å². The minimum Gasteiger partial charge on any atom is -0.249 e. The van der Waals surface area contributed by atoms with Crippen molar-refractivity contribution in [3.05, 3.63) is 71.3 Å². The topological polar surface area (TPSA) is 9.23 Å². The van der Waals surface area contributed by atoms with Crippen molar-refractivity contribution in [1.82, 2.24) is 0 Å². The Kier molecular flexibility index (Phi) is 6.48. The summed E-state index contributed by atoms with van der Waals surface area (Å²) < 4.78 is 195. The highest BCUT2D eigenvalue weighted by molar-refractivity contribution is 5.29. The zero-order valence-electron chi connectivity index (χ0n) is 15.3. The molecule has 2 aromatic rings. The molecule has 0 spiro atoms. The molecule has 15 heteroatoms. The molecule has 0 saturated heterocycles. The van der Waals surface area contributed by atoms with Crippen LogP contribution in [0.1, 0.15) is 11.1 Å². The van der Waals surface area contributed by atoms with Crippen LogP contribution in [0.2, 0.25) is 0 Å². The molecule has 0 N–H and O–H groups in total. The summed E-state index contributed by atoms with van der Waals surface area (Å²) in [6.07, 6.45) is -27.7. The third-order valence-corrected chi connectivity index (χ3v) is 4.28. The van der Waals surface area contributed by atoms with Crippen LogP contribution in [0.5, 0.6) is 0 Å². The molecule has 0 aliphatic heterocycles. The van der Waals surface area contributed by atoms with Gasteiger partial charge in [-0.1, -0.05) is 24.3 Å². The largest absolute Gasteiger partial charge is 0.435 e. The van der Waals surface area contributed by atoms with Gasteiger partial charge in [0.2, 0.25) is 0 Å². The van der Waals surface area contributed by atoms with Gasteiger partial charge in [-0.25, -0.2) is 22.3 Å². The van der Waals surface area contributed by atoms with Crippen LogP contribution in [0.25, 0.3) is 0 Å². The molecule has 0 fully saturated rings. The minimum absolute atomic E-state index is 0.148. The third-order valence-electron chi connectivity index (χ3n) is 4.28. The van der Waals surface area contributed by atoms with Crippen molar-refractivity contribution in [3.8, 4) is 0 Å². The Balaban J connectivity index is 2.71. The zero-order valence-corrected chi connectivity index (χ0v) is 15.3. The van der Waals surface area contributed by atoms with Crippen LogP contribution in [-0.4, -0.2) is 24.6 Å². The predicted octanol–water partition coefficient (Wildman–Crippen LogP) is 7.32. The van der Waals surface area contributed by atoms with Gasteiger partial charge < -0.3 is 0 Å². The fourth-order valence-electron chi connectivity index (χ4n) is 2.70. The van der Waals surface area contributed by atoms with Crippen molar-refractivity contribution < 1.29 is 66.2 Å². The van der Waals surface area contributed by atoms with Gasteiger partial charge in [0.1, 0.15) is 11.6 Å². The number of alkyl halides is 12. The van der Waals surface area contributed by atoms with E-state index in [4.69, 9.17) is 0 Å². The first-order valence-electron chi connectivity index (χ1n) is 8.20. The van der Waals surface area contributed by atoms with Crippen molar-refractivity contribution in [2.24, 2.45) is 0 Å². The second-order valence-corrected chi connectivity index (χ2v) is 6.47. The van der Waals surface area contributed by atoms with Gasteiger partial charge in [0.15, 0.2) is 0 Å². The van der Waals surface area contributed by atoms with Crippen LogP contribution in [0.15, 0.2) is 48.5 Å². The maximum Gasteiger partial charge on any atom is 0.435 e. The van der Waals surface area contributed by atoms with Crippen molar-refractivity contribution in [1.29, 1.82) is 0 Å². The van der Waals surface area contributed by atoms with Crippen LogP contribution in [-0.2, 0) is 16.1 Å². The summed E-state index contributed by atoms with van der Waals surface area (Å²) in [5.74, 6) is -3.53. The maximum atomic E-state index is 14.7. The number of hydrogen-bond acceptors (Lipinski definition) is 1. The molecular weight excluding hydrogens is 498 g/mol. The molecule has 184 valence electrons. The van der Waals surface area contributed by atoms with Gasteiger partial charge in [-0.2, -0.15) is 43.9 Å². The molecule has 0 radical (unpaired) electrons. The Labute approximate surface area is 174 Å². The summed E-state index contributed by atoms with van der Waals surface area (Å²) in [4.78, 5) is 0. The first-order chi connectivity index (χ1) is 14.7. The second kappa shape index (κ2) is 8.02. The molecule has 0 aliphatic rings. The van der Waals surface area contributed by atoms with E-state index in [0.717, 1.165) is 0 Å². The molecule has 0 aromatic heterocycles. The predicted molar refractivity (Wildman–Crippen MR) is 81.5 cm³/mol. The Morgan fingerprint density at radius 3 is 1.03 bits per heavy atom. The highest BCUT2D eigenvalue weighted by atomic mass is 19.4. The van der Waals surface area contributed by atoms with Gasteiger partial charge in [0.25, 0.3) is 0 Å². The molecule has 0 heterocycles. The van der Waals surface area contributed by atoms with Gasteiger partial charge in [-0.3, -0.25) is 0 Å². The fraction of sp³-hybridized carbons (Fsp3) is 0.333. The van der Waals surface area contributed by atoms with E-state index in [9.17, 15) is 61.5 Å². The third kappa shape index (κ3) is 4.34. The normalized spacial score (nSPS) is 17.4. The van der Waals surface area contributed by atoms with Crippen LogP contribution in [0.4, 0.5) is 61.5 Å². The molecule has 2 unspecified atom stereocenters. The fourth-order valence-corrected chi connectivity index (χ4v) is 2.70. The lowest BCUT2D eigenvalue weighted by Crippen LogP contribution is -2.61. The quantitative estimate of drug-likeness (QED) is 0.373. The summed E-state index contributed by atoms with van der Waals surface area (Å²) in [5.41, 5.74) is -17.5. The van der Waals surface area contributed by atoms with Crippen molar-refractivity contribution in [2.75, 3.05) is 0 Å². The Bertz CT molecular complexity index is 919. The summed E-state index contributed by atoms with van der Waals surface area (Å²) >= 11 is 0. The highest BCUT2D eigenvalue weighted by Gasteiger charge is 2.81. The Morgan fingerprint density at radius 1 is 0.485 bits per heavy atom. The molecule has 0 saturated carbocycles. The summed E-state index contributed by atoms with van der Waals surface area (Å²) in [6, 6.07) is -0.135. The summed E-state index contributed by atoms with van der Waals surface area (Å²) in [6.45, 7) is 0. The number of rotatable bonds is 6. The smallest absolute Gasteiger partial charge is 0.249 e. The lowest BCUT2D eigenvalue weighted by Gasteiger charge is -2.40. The molecule has 2 rings (SSSR count). The van der Waals surface area contributed by atoms with Gasteiger partial charge in [-0.05, 0) is 24.3 Å². The minimum atomic E-state index is -6.97. The highest BCUT2D eigenvalue weighted by Crippen LogP contribution is 2.59. The monoisotopic (exact) mass is 506 g/mol. The lowest BCUT2D eigenvalue weighted by atomic mass is 9.91. The Hall–Kier alpha value is -2.58. The van der Waals surface area contributed by atoms with Gasteiger partial charge in [0.05, 0.1) is 0 Å². The van der Waals surface area contributed by atoms with E-state index in [0.29, 0.717) is 12.1 Å². The van der Waals surface area contributed by atoms with Gasteiger partial charge in [-0.15, -0.1) is 0 Å². The van der Waals surface area contributed by atoms with Crippen LogP contribution in [0.3, 0.4) is 0 Å². The van der Waals surface area contributed by atoms with E-state index in [1.807, 2.05) is 0 Å². The SMILES string of the molecule is Fc1cccc(C(F)(C(F)(F)F)C(F)(F)OC(F)(F)C(F)(c2cccc(F)c2)C(F)(F)F)c1. The Morgan fingerprint density at radius 2 is 0.788 bits per heavy atom. The summed E-state index contributed by atoms with van der Waals surface area (Å²) in [7, 11) is 0. The number of ether oxygens (including phenoxy) is 1. The first-order valence-corrected chi connectivity index (χ1v) is 8.20. The van der Waals surface area contributed by atoms with Crippen molar-refractivity contribution in [3.63, 3.8) is 0 Å². The van der Waals surface area contributed by atoms with Crippen LogP contribution < -0.4 is 0 Å². The molecule has 2 aromatic carbocycles. The average Bonchev–Trinajstić information content (AvgIpc) is 2.63. The number of halogens is 14. The zero-order chi connectivity index (χ0) is 25.7. The van der Waals surface area contributed by atoms with E-state index in [2.05, 4.69) is 4.74 Å². The van der Waals surface area contributed by atoms with E-state index < -0.39 is 70.8 Å². The van der Waals surface area contributed by atoms with Gasteiger partial charge in [0, 0.05) is 11.1 Å². The maximum absolute atomic E-state index is 14.7. The molecule has 2 atom stereocenters. The van der Waals surface area contributed by atoms with E-state index >= 15 is 0 Å². The first kappa shape index (κ1) is 26.7. The molecular formula is C18H8F14O. The standard InChI is InChI=1S/C18H8F14O/c19-11-5-1-3-9(7-11)13(21,15(23,24)25)17(29,30)33-18(31,32)14(22,16(26,27)28)10-4-2-6-12(20)8-10/h1-8H. The van der Waals surface area contributed by atoms with Gasteiger partial charge >= 0.3 is 35.9 Å². The number of benzene rings is 2. The molecule has 0 bridgehead atoms.